The summed E-state index contributed by atoms with van der Waals surface area (Å²) in [6, 6.07) is 5.34. The second-order valence-corrected chi connectivity index (χ2v) is 12.2. The lowest BCUT2D eigenvalue weighted by Gasteiger charge is -2.26. The molecule has 264 valence electrons. The van der Waals surface area contributed by atoms with E-state index in [0.29, 0.717) is 22.6 Å². The molecule has 49 heavy (non-hydrogen) atoms. The summed E-state index contributed by atoms with van der Waals surface area (Å²) in [6.07, 6.45) is 4.49. The number of aromatic amines is 1. The Balaban J connectivity index is 1.87. The molecule has 11 N–H and O–H groups in total. The Morgan fingerprint density at radius 3 is 1.67 bits per heavy atom. The molecular formula is C32H41N7O9S. The van der Waals surface area contributed by atoms with Gasteiger partial charge in [-0.1, -0.05) is 24.3 Å². The summed E-state index contributed by atoms with van der Waals surface area (Å²) in [4.78, 5) is 72.2. The molecule has 0 saturated heterocycles. The van der Waals surface area contributed by atoms with Gasteiger partial charge in [-0.15, -0.1) is 0 Å². The number of imidazole rings is 1. The fourth-order valence-electron chi connectivity index (χ4n) is 4.65. The van der Waals surface area contributed by atoms with Crippen molar-refractivity contribution in [3.05, 3.63) is 77.9 Å². The van der Waals surface area contributed by atoms with Gasteiger partial charge in [-0.3, -0.25) is 19.2 Å². The smallest absolute Gasteiger partial charge is 0.326 e. The first-order valence-electron chi connectivity index (χ1n) is 15.2. The van der Waals surface area contributed by atoms with Gasteiger partial charge in [-0.2, -0.15) is 11.8 Å². The minimum Gasteiger partial charge on any atom is -0.508 e. The summed E-state index contributed by atoms with van der Waals surface area (Å²) >= 11 is 1.40. The highest BCUT2D eigenvalue weighted by molar-refractivity contribution is 7.98. The summed E-state index contributed by atoms with van der Waals surface area (Å²) in [5.41, 5.74) is 7.22. The van der Waals surface area contributed by atoms with Crippen molar-refractivity contribution in [1.82, 2.24) is 31.2 Å². The Kier molecular flexibility index (Phi) is 14.9. The average molecular weight is 700 g/mol. The first kappa shape index (κ1) is 38.3. The van der Waals surface area contributed by atoms with Crippen LogP contribution in [0.2, 0.25) is 0 Å². The Morgan fingerprint density at radius 1 is 0.755 bits per heavy atom. The van der Waals surface area contributed by atoms with Crippen LogP contribution in [0, 0.1) is 0 Å². The summed E-state index contributed by atoms with van der Waals surface area (Å²) in [5.74, 6) is -4.04. The van der Waals surface area contributed by atoms with Crippen molar-refractivity contribution >= 4 is 41.4 Å². The molecule has 0 bridgehead atoms. The van der Waals surface area contributed by atoms with Crippen molar-refractivity contribution in [2.75, 3.05) is 18.6 Å². The van der Waals surface area contributed by atoms with Crippen molar-refractivity contribution in [3.63, 3.8) is 0 Å². The zero-order valence-electron chi connectivity index (χ0n) is 26.7. The van der Waals surface area contributed by atoms with Gasteiger partial charge >= 0.3 is 5.97 Å². The van der Waals surface area contributed by atoms with Crippen molar-refractivity contribution in [2.45, 2.75) is 55.9 Å². The summed E-state index contributed by atoms with van der Waals surface area (Å²) in [7, 11) is 0. The molecule has 1 aromatic heterocycles. The van der Waals surface area contributed by atoms with E-state index in [2.05, 4.69) is 31.2 Å². The van der Waals surface area contributed by atoms with Gasteiger partial charge in [-0.05, 0) is 53.8 Å². The van der Waals surface area contributed by atoms with Crippen molar-refractivity contribution in [1.29, 1.82) is 0 Å². The van der Waals surface area contributed by atoms with E-state index in [-0.39, 0.29) is 37.2 Å². The molecule has 3 aromatic rings. The number of hydrogen-bond donors (Lipinski definition) is 10. The molecule has 0 spiro atoms. The van der Waals surface area contributed by atoms with Crippen molar-refractivity contribution < 1.29 is 44.4 Å². The van der Waals surface area contributed by atoms with E-state index >= 15 is 0 Å². The molecule has 3 rings (SSSR count). The number of aliphatic hydroxyl groups excluding tert-OH is 1. The fourth-order valence-corrected chi connectivity index (χ4v) is 5.12. The van der Waals surface area contributed by atoms with Crippen LogP contribution in [0.3, 0.4) is 0 Å². The molecule has 17 heteroatoms. The largest absolute Gasteiger partial charge is 0.508 e. The van der Waals surface area contributed by atoms with Gasteiger partial charge in [0.25, 0.3) is 0 Å². The average Bonchev–Trinajstić information content (AvgIpc) is 3.60. The highest BCUT2D eigenvalue weighted by Gasteiger charge is 2.32. The number of amides is 4. The predicted octanol–water partition coefficient (Wildman–Crippen LogP) is -1.05. The SMILES string of the molecule is CSCC[C@H](NC(=O)[C@H](Cc1ccc(O)cc1)NC(=O)[C@H](Cc1ccc(O)cc1)NC(=O)[C@@H](N)CO)C(=O)N[C@@H](Cc1cnc[nH]1)C(=O)O. The number of carboxylic acid groups (broad SMARTS) is 1. The zero-order chi connectivity index (χ0) is 35.9. The highest BCUT2D eigenvalue weighted by atomic mass is 32.2. The third-order valence-corrected chi connectivity index (χ3v) is 8.03. The summed E-state index contributed by atoms with van der Waals surface area (Å²) in [5, 5.41) is 48.8. The van der Waals surface area contributed by atoms with Gasteiger partial charge < -0.3 is 52.4 Å². The molecule has 1 heterocycles. The first-order chi connectivity index (χ1) is 23.4. The van der Waals surface area contributed by atoms with Gasteiger partial charge in [0.05, 0.1) is 12.9 Å². The van der Waals surface area contributed by atoms with Crippen molar-refractivity contribution in [3.8, 4) is 11.5 Å². The second-order valence-electron chi connectivity index (χ2n) is 11.2. The summed E-state index contributed by atoms with van der Waals surface area (Å²) in [6.45, 7) is -0.685. The van der Waals surface area contributed by atoms with Crippen molar-refractivity contribution in [2.24, 2.45) is 5.73 Å². The Labute approximate surface area is 286 Å². The van der Waals surface area contributed by atoms with Gasteiger partial charge in [0.2, 0.25) is 23.6 Å². The number of aromatic hydroxyl groups is 2. The highest BCUT2D eigenvalue weighted by Crippen LogP contribution is 2.14. The topological polar surface area (TPSA) is 269 Å². The molecule has 0 unspecified atom stereocenters. The van der Waals surface area contributed by atoms with Crippen LogP contribution in [0.25, 0.3) is 0 Å². The molecular weight excluding hydrogens is 658 g/mol. The quantitative estimate of drug-likeness (QED) is 0.0718. The van der Waals surface area contributed by atoms with Gasteiger partial charge in [0.15, 0.2) is 0 Å². The Hall–Kier alpha value is -5.13. The van der Waals surface area contributed by atoms with E-state index in [1.54, 1.807) is 30.5 Å². The number of nitrogens with one attached hydrogen (secondary N) is 5. The lowest BCUT2D eigenvalue weighted by atomic mass is 10.0. The van der Waals surface area contributed by atoms with Crippen LogP contribution in [0.1, 0.15) is 23.2 Å². The number of hydrogen-bond acceptors (Lipinski definition) is 11. The van der Waals surface area contributed by atoms with Crippen LogP contribution in [-0.2, 0) is 43.2 Å². The van der Waals surface area contributed by atoms with E-state index in [4.69, 9.17) is 5.73 Å². The molecule has 16 nitrogen and oxygen atoms in total. The number of carbonyl (C=O) groups excluding carboxylic acids is 4. The van der Waals surface area contributed by atoms with Crippen LogP contribution in [0.15, 0.2) is 61.1 Å². The number of aromatic nitrogens is 2. The standard InChI is InChI=1S/C32H41N7O9S/c1-49-11-10-24(29(44)39-27(32(47)48)14-20-15-34-17-35-20)36-30(45)26(13-19-4-8-22(42)9-5-19)38-31(46)25(37-28(43)23(33)16-40)12-18-2-6-21(41)7-3-18/h2-9,15,17,23-27,40-42H,10-14,16,33H2,1H3,(H,34,35)(H,36,45)(H,37,43)(H,38,46)(H,39,44)(H,47,48)/t23-,24-,25-,26-,27-/m0/s1. The van der Waals surface area contributed by atoms with E-state index in [9.17, 15) is 44.4 Å². The second kappa shape index (κ2) is 19.0. The van der Waals surface area contributed by atoms with Crippen LogP contribution >= 0.6 is 11.8 Å². The number of phenols is 2. The molecule has 0 radical (unpaired) electrons. The third-order valence-electron chi connectivity index (χ3n) is 7.39. The molecule has 2 aromatic carbocycles. The molecule has 4 amide bonds. The number of aliphatic hydroxyl groups is 1. The number of thioether (sulfide) groups is 1. The number of aliphatic carboxylic acids is 1. The van der Waals surface area contributed by atoms with Crippen LogP contribution in [0.4, 0.5) is 0 Å². The summed E-state index contributed by atoms with van der Waals surface area (Å²) < 4.78 is 0. The number of carboxylic acids is 1. The minimum atomic E-state index is -1.33. The Morgan fingerprint density at radius 2 is 1.22 bits per heavy atom. The monoisotopic (exact) mass is 699 g/mol. The molecule has 5 atom stereocenters. The number of H-pyrrole nitrogens is 1. The number of rotatable bonds is 19. The van der Waals surface area contributed by atoms with Crippen LogP contribution in [0.5, 0.6) is 11.5 Å². The van der Waals surface area contributed by atoms with Crippen LogP contribution < -0.4 is 27.0 Å². The van der Waals surface area contributed by atoms with E-state index < -0.39 is 66.4 Å². The van der Waals surface area contributed by atoms with Gasteiger partial charge in [0, 0.05) is 31.2 Å². The normalized spacial score (nSPS) is 14.0. The Bertz CT molecular complexity index is 1540. The molecule has 0 aliphatic heterocycles. The van der Waals surface area contributed by atoms with E-state index in [1.165, 1.54) is 48.6 Å². The molecule has 0 aliphatic rings. The molecule has 0 saturated carbocycles. The number of nitrogens with two attached hydrogens (primary N) is 1. The lowest BCUT2D eigenvalue weighted by molar-refractivity contribution is -0.142. The molecule has 0 aliphatic carbocycles. The molecule has 0 fully saturated rings. The zero-order valence-corrected chi connectivity index (χ0v) is 27.5. The first-order valence-corrected chi connectivity index (χ1v) is 16.6. The minimum absolute atomic E-state index is 0.0160. The van der Waals surface area contributed by atoms with Gasteiger partial charge in [-0.25, -0.2) is 9.78 Å². The van der Waals surface area contributed by atoms with Gasteiger partial charge in [0.1, 0.15) is 41.7 Å². The predicted molar refractivity (Wildman–Crippen MR) is 179 cm³/mol. The maximum atomic E-state index is 13.8. The fraction of sp³-hybridized carbons (Fsp3) is 0.375. The number of phenolic OH excluding ortho intramolecular Hbond substituents is 2. The number of carbonyl (C=O) groups is 5. The maximum absolute atomic E-state index is 13.8. The number of benzene rings is 2. The lowest BCUT2D eigenvalue weighted by Crippen LogP contribution is -2.59. The third kappa shape index (κ3) is 12.4. The van der Waals surface area contributed by atoms with E-state index in [1.807, 2.05) is 0 Å². The number of nitrogens with zero attached hydrogens (tertiary/aromatic N) is 1. The van der Waals surface area contributed by atoms with Crippen LogP contribution in [-0.4, -0.2) is 109 Å². The van der Waals surface area contributed by atoms with E-state index in [0.717, 1.165) is 0 Å². The maximum Gasteiger partial charge on any atom is 0.326 e.